The SMILES string of the molecule is Cc1ccc(C(C)NCc2cc(Br)ccc2F)o1. The van der Waals surface area contributed by atoms with Crippen molar-refractivity contribution < 1.29 is 8.81 Å². The summed E-state index contributed by atoms with van der Waals surface area (Å²) < 4.78 is 19.9. The minimum atomic E-state index is -0.200. The Hall–Kier alpha value is -1.13. The van der Waals surface area contributed by atoms with E-state index in [-0.39, 0.29) is 11.9 Å². The normalized spacial score (nSPS) is 12.7. The fourth-order valence-electron chi connectivity index (χ4n) is 1.73. The van der Waals surface area contributed by atoms with Crippen LogP contribution in [-0.4, -0.2) is 0 Å². The maximum Gasteiger partial charge on any atom is 0.127 e. The van der Waals surface area contributed by atoms with Gasteiger partial charge < -0.3 is 9.73 Å². The number of aryl methyl sites for hydroxylation is 1. The van der Waals surface area contributed by atoms with Gasteiger partial charge in [-0.1, -0.05) is 15.9 Å². The molecule has 0 aliphatic heterocycles. The van der Waals surface area contributed by atoms with Gasteiger partial charge in [-0.15, -0.1) is 0 Å². The van der Waals surface area contributed by atoms with Gasteiger partial charge in [0, 0.05) is 16.6 Å². The summed E-state index contributed by atoms with van der Waals surface area (Å²) in [5.74, 6) is 1.55. The molecule has 96 valence electrons. The van der Waals surface area contributed by atoms with Crippen LogP contribution >= 0.6 is 15.9 Å². The molecule has 1 aromatic carbocycles. The van der Waals surface area contributed by atoms with Crippen LogP contribution in [0.1, 0.15) is 30.0 Å². The number of furan rings is 1. The van der Waals surface area contributed by atoms with Crippen LogP contribution in [0.15, 0.2) is 39.2 Å². The lowest BCUT2D eigenvalue weighted by atomic mass is 10.2. The molecule has 0 spiro atoms. The standard InChI is InChI=1S/C14H15BrFNO/c1-9-3-6-14(18-9)10(2)17-8-11-7-12(15)4-5-13(11)16/h3-7,10,17H,8H2,1-2H3. The van der Waals surface area contributed by atoms with Crippen LogP contribution in [0.5, 0.6) is 0 Å². The molecule has 0 fully saturated rings. The van der Waals surface area contributed by atoms with Gasteiger partial charge in [-0.05, 0) is 44.2 Å². The first-order valence-electron chi connectivity index (χ1n) is 5.80. The first-order valence-corrected chi connectivity index (χ1v) is 6.59. The van der Waals surface area contributed by atoms with E-state index < -0.39 is 0 Å². The zero-order valence-electron chi connectivity index (χ0n) is 10.3. The van der Waals surface area contributed by atoms with Gasteiger partial charge in [0.25, 0.3) is 0 Å². The van der Waals surface area contributed by atoms with Crippen molar-refractivity contribution in [2.24, 2.45) is 0 Å². The van der Waals surface area contributed by atoms with E-state index in [9.17, 15) is 4.39 Å². The van der Waals surface area contributed by atoms with Gasteiger partial charge in [0.05, 0.1) is 6.04 Å². The van der Waals surface area contributed by atoms with Gasteiger partial charge in [0.1, 0.15) is 17.3 Å². The third-order valence-corrected chi connectivity index (χ3v) is 3.29. The highest BCUT2D eigenvalue weighted by Gasteiger charge is 2.10. The van der Waals surface area contributed by atoms with Crippen molar-refractivity contribution in [2.75, 3.05) is 0 Å². The molecule has 1 aromatic heterocycles. The number of nitrogens with one attached hydrogen (secondary N) is 1. The summed E-state index contributed by atoms with van der Waals surface area (Å²) >= 11 is 3.34. The van der Waals surface area contributed by atoms with Crippen LogP contribution in [0, 0.1) is 12.7 Å². The van der Waals surface area contributed by atoms with E-state index in [0.717, 1.165) is 16.0 Å². The van der Waals surface area contributed by atoms with Crippen molar-refractivity contribution >= 4 is 15.9 Å². The first-order chi connectivity index (χ1) is 8.56. The van der Waals surface area contributed by atoms with Gasteiger partial charge in [0.2, 0.25) is 0 Å². The topological polar surface area (TPSA) is 25.2 Å². The molecule has 1 atom stereocenters. The average molecular weight is 312 g/mol. The Morgan fingerprint density at radius 2 is 2.11 bits per heavy atom. The fourth-order valence-corrected chi connectivity index (χ4v) is 2.14. The minimum absolute atomic E-state index is 0.0529. The fraction of sp³-hybridized carbons (Fsp3) is 0.286. The van der Waals surface area contributed by atoms with E-state index in [1.54, 1.807) is 12.1 Å². The van der Waals surface area contributed by atoms with Crippen LogP contribution in [-0.2, 0) is 6.54 Å². The summed E-state index contributed by atoms with van der Waals surface area (Å²) in [7, 11) is 0. The molecule has 2 nitrogen and oxygen atoms in total. The molecule has 18 heavy (non-hydrogen) atoms. The molecule has 1 unspecified atom stereocenters. The van der Waals surface area contributed by atoms with Gasteiger partial charge >= 0.3 is 0 Å². The Labute approximate surface area is 114 Å². The number of hydrogen-bond donors (Lipinski definition) is 1. The van der Waals surface area contributed by atoms with Crippen molar-refractivity contribution in [1.29, 1.82) is 0 Å². The second-order valence-corrected chi connectivity index (χ2v) is 5.20. The van der Waals surface area contributed by atoms with Crippen molar-refractivity contribution in [1.82, 2.24) is 5.32 Å². The Morgan fingerprint density at radius 3 is 2.78 bits per heavy atom. The predicted molar refractivity (Wildman–Crippen MR) is 72.8 cm³/mol. The summed E-state index contributed by atoms with van der Waals surface area (Å²) in [6.07, 6.45) is 0. The maximum absolute atomic E-state index is 13.5. The lowest BCUT2D eigenvalue weighted by molar-refractivity contribution is 0.413. The van der Waals surface area contributed by atoms with Crippen LogP contribution < -0.4 is 5.32 Å². The van der Waals surface area contributed by atoms with E-state index in [1.165, 1.54) is 6.07 Å². The first kappa shape index (κ1) is 13.3. The van der Waals surface area contributed by atoms with E-state index in [4.69, 9.17) is 4.42 Å². The lowest BCUT2D eigenvalue weighted by Crippen LogP contribution is -2.18. The number of halogens is 2. The molecule has 2 rings (SSSR count). The molecule has 0 radical (unpaired) electrons. The average Bonchev–Trinajstić information content (AvgIpc) is 2.77. The zero-order valence-corrected chi connectivity index (χ0v) is 11.9. The molecule has 0 saturated carbocycles. The molecular weight excluding hydrogens is 297 g/mol. The van der Waals surface area contributed by atoms with Crippen LogP contribution in [0.4, 0.5) is 4.39 Å². The monoisotopic (exact) mass is 311 g/mol. The van der Waals surface area contributed by atoms with Crippen LogP contribution in [0.25, 0.3) is 0 Å². The molecule has 0 aliphatic rings. The van der Waals surface area contributed by atoms with E-state index in [0.29, 0.717) is 12.1 Å². The molecule has 4 heteroatoms. The molecule has 1 N–H and O–H groups in total. The van der Waals surface area contributed by atoms with Gasteiger partial charge in [0.15, 0.2) is 0 Å². The molecule has 0 bridgehead atoms. The largest absolute Gasteiger partial charge is 0.465 e. The Bertz CT molecular complexity index is 538. The van der Waals surface area contributed by atoms with E-state index >= 15 is 0 Å². The highest BCUT2D eigenvalue weighted by Crippen LogP contribution is 2.18. The number of benzene rings is 1. The maximum atomic E-state index is 13.5. The highest BCUT2D eigenvalue weighted by atomic mass is 79.9. The molecule has 0 amide bonds. The Balaban J connectivity index is 2.01. The number of hydrogen-bond acceptors (Lipinski definition) is 2. The summed E-state index contributed by atoms with van der Waals surface area (Å²) in [6.45, 7) is 4.37. The summed E-state index contributed by atoms with van der Waals surface area (Å²) in [4.78, 5) is 0. The Morgan fingerprint density at radius 1 is 1.33 bits per heavy atom. The molecular formula is C14H15BrFNO. The highest BCUT2D eigenvalue weighted by molar-refractivity contribution is 9.10. The van der Waals surface area contributed by atoms with Gasteiger partial charge in [-0.2, -0.15) is 0 Å². The Kier molecular flexibility index (Phi) is 4.19. The second-order valence-electron chi connectivity index (χ2n) is 4.29. The lowest BCUT2D eigenvalue weighted by Gasteiger charge is -2.12. The van der Waals surface area contributed by atoms with E-state index in [2.05, 4.69) is 21.2 Å². The summed E-state index contributed by atoms with van der Waals surface area (Å²) in [5.41, 5.74) is 0.638. The van der Waals surface area contributed by atoms with Crippen molar-refractivity contribution in [3.05, 3.63) is 57.7 Å². The van der Waals surface area contributed by atoms with E-state index in [1.807, 2.05) is 26.0 Å². The van der Waals surface area contributed by atoms with Crippen LogP contribution in [0.2, 0.25) is 0 Å². The van der Waals surface area contributed by atoms with Gasteiger partial charge in [-0.3, -0.25) is 0 Å². The molecule has 0 aliphatic carbocycles. The summed E-state index contributed by atoms with van der Waals surface area (Å²) in [5, 5.41) is 3.24. The quantitative estimate of drug-likeness (QED) is 0.908. The third-order valence-electron chi connectivity index (χ3n) is 2.79. The molecule has 2 aromatic rings. The van der Waals surface area contributed by atoms with Crippen LogP contribution in [0.3, 0.4) is 0 Å². The third kappa shape index (κ3) is 3.21. The zero-order chi connectivity index (χ0) is 13.1. The second kappa shape index (κ2) is 5.67. The molecule has 1 heterocycles. The summed E-state index contributed by atoms with van der Waals surface area (Å²) in [6, 6.07) is 8.85. The number of rotatable bonds is 4. The van der Waals surface area contributed by atoms with Crippen molar-refractivity contribution in [2.45, 2.75) is 26.4 Å². The van der Waals surface area contributed by atoms with Crippen molar-refractivity contribution in [3.8, 4) is 0 Å². The van der Waals surface area contributed by atoms with Crippen molar-refractivity contribution in [3.63, 3.8) is 0 Å². The minimum Gasteiger partial charge on any atom is -0.465 e. The van der Waals surface area contributed by atoms with Gasteiger partial charge in [-0.25, -0.2) is 4.39 Å². The predicted octanol–water partition coefficient (Wildman–Crippen LogP) is 4.34. The molecule has 0 saturated heterocycles. The smallest absolute Gasteiger partial charge is 0.127 e.